The lowest BCUT2D eigenvalue weighted by Gasteiger charge is -2.10. The minimum atomic E-state index is -0.177. The summed E-state index contributed by atoms with van der Waals surface area (Å²) in [6, 6.07) is 7.28. The molecule has 2 rings (SSSR count). The Morgan fingerprint density at radius 1 is 0.964 bits per heavy atom. The number of esters is 1. The van der Waals surface area contributed by atoms with Gasteiger partial charge in [-0.25, -0.2) is 9.97 Å². The fraction of sp³-hybridized carbons (Fsp3) is 0.522. The van der Waals surface area contributed by atoms with Gasteiger partial charge in [-0.15, -0.1) is 0 Å². The van der Waals surface area contributed by atoms with E-state index in [0.29, 0.717) is 36.3 Å². The van der Waals surface area contributed by atoms with Crippen LogP contribution in [0.25, 0.3) is 11.4 Å². The Morgan fingerprint density at radius 2 is 1.64 bits per heavy atom. The maximum atomic E-state index is 11.9. The van der Waals surface area contributed by atoms with E-state index < -0.39 is 0 Å². The standard InChI is InChI=1S/C23H32N2O3/c1-4-6-7-8-9-10-22(26)28-20-13-11-19(12-14-20)23-24-15-21(16-25-23)27-17-18(3)5-2/h11-16,18H,4-10,17H2,1-3H3. The summed E-state index contributed by atoms with van der Waals surface area (Å²) in [6.45, 7) is 7.13. The van der Waals surface area contributed by atoms with Gasteiger partial charge in [-0.2, -0.15) is 0 Å². The lowest BCUT2D eigenvalue weighted by Crippen LogP contribution is -2.08. The second-order valence-corrected chi connectivity index (χ2v) is 7.23. The van der Waals surface area contributed by atoms with Gasteiger partial charge in [-0.1, -0.05) is 52.9 Å². The molecular weight excluding hydrogens is 352 g/mol. The van der Waals surface area contributed by atoms with Gasteiger partial charge in [0.1, 0.15) is 5.75 Å². The number of ether oxygens (including phenoxy) is 2. The van der Waals surface area contributed by atoms with E-state index in [1.807, 2.05) is 12.1 Å². The minimum Gasteiger partial charge on any atom is -0.490 e. The summed E-state index contributed by atoms with van der Waals surface area (Å²) in [5, 5.41) is 0. The van der Waals surface area contributed by atoms with Gasteiger partial charge in [-0.05, 0) is 36.6 Å². The van der Waals surface area contributed by atoms with Gasteiger partial charge in [0.2, 0.25) is 0 Å². The van der Waals surface area contributed by atoms with E-state index in [2.05, 4.69) is 30.7 Å². The predicted octanol–water partition coefficient (Wildman–Crippen LogP) is 5.83. The SMILES string of the molecule is CCCCCCCC(=O)Oc1ccc(-c2ncc(OCC(C)CC)cn2)cc1. The molecule has 0 saturated heterocycles. The van der Waals surface area contributed by atoms with Crippen LogP contribution in [-0.2, 0) is 4.79 Å². The zero-order valence-electron chi connectivity index (χ0n) is 17.3. The molecule has 152 valence electrons. The van der Waals surface area contributed by atoms with Crippen molar-refractivity contribution in [1.82, 2.24) is 9.97 Å². The van der Waals surface area contributed by atoms with Gasteiger partial charge in [0.15, 0.2) is 11.6 Å². The van der Waals surface area contributed by atoms with Crippen molar-refractivity contribution in [2.45, 2.75) is 65.7 Å². The molecule has 0 radical (unpaired) electrons. The van der Waals surface area contributed by atoms with E-state index in [1.165, 1.54) is 19.3 Å². The summed E-state index contributed by atoms with van der Waals surface area (Å²) in [4.78, 5) is 20.6. The summed E-state index contributed by atoms with van der Waals surface area (Å²) >= 11 is 0. The van der Waals surface area contributed by atoms with E-state index in [9.17, 15) is 4.79 Å². The Morgan fingerprint density at radius 3 is 2.29 bits per heavy atom. The van der Waals surface area contributed by atoms with Crippen LogP contribution in [0.15, 0.2) is 36.7 Å². The maximum absolute atomic E-state index is 11.9. The molecule has 1 unspecified atom stereocenters. The molecule has 1 aromatic heterocycles. The molecule has 0 saturated carbocycles. The molecule has 5 heteroatoms. The third-order valence-electron chi connectivity index (χ3n) is 4.69. The number of benzene rings is 1. The van der Waals surface area contributed by atoms with Crippen LogP contribution in [0, 0.1) is 5.92 Å². The van der Waals surface area contributed by atoms with Crippen LogP contribution < -0.4 is 9.47 Å². The number of carbonyl (C=O) groups is 1. The highest BCUT2D eigenvalue weighted by Gasteiger charge is 2.07. The van der Waals surface area contributed by atoms with Gasteiger partial charge < -0.3 is 9.47 Å². The highest BCUT2D eigenvalue weighted by Crippen LogP contribution is 2.21. The molecule has 0 aliphatic heterocycles. The Balaban J connectivity index is 1.82. The lowest BCUT2D eigenvalue weighted by atomic mass is 10.1. The number of hydrogen-bond acceptors (Lipinski definition) is 5. The first kappa shape index (κ1) is 21.9. The number of aromatic nitrogens is 2. The van der Waals surface area contributed by atoms with Gasteiger partial charge in [-0.3, -0.25) is 4.79 Å². The fourth-order valence-electron chi connectivity index (χ4n) is 2.62. The number of hydrogen-bond donors (Lipinski definition) is 0. The molecule has 0 aliphatic rings. The number of rotatable bonds is 12. The molecule has 0 aliphatic carbocycles. The van der Waals surface area contributed by atoms with E-state index in [1.54, 1.807) is 24.5 Å². The van der Waals surface area contributed by atoms with E-state index in [0.717, 1.165) is 24.8 Å². The molecule has 0 bridgehead atoms. The number of nitrogens with zero attached hydrogens (tertiary/aromatic N) is 2. The van der Waals surface area contributed by atoms with Crippen LogP contribution in [-0.4, -0.2) is 22.5 Å². The average molecular weight is 385 g/mol. The second-order valence-electron chi connectivity index (χ2n) is 7.23. The Hall–Kier alpha value is -2.43. The zero-order valence-corrected chi connectivity index (χ0v) is 17.3. The first-order valence-electron chi connectivity index (χ1n) is 10.4. The molecule has 1 heterocycles. The molecule has 2 aromatic rings. The van der Waals surface area contributed by atoms with E-state index in [4.69, 9.17) is 9.47 Å². The van der Waals surface area contributed by atoms with Gasteiger partial charge in [0.25, 0.3) is 0 Å². The van der Waals surface area contributed by atoms with Crippen molar-refractivity contribution in [2.75, 3.05) is 6.61 Å². The molecule has 0 spiro atoms. The second kappa shape index (κ2) is 12.1. The van der Waals surface area contributed by atoms with Crippen molar-refractivity contribution in [3.05, 3.63) is 36.7 Å². The molecular formula is C23H32N2O3. The topological polar surface area (TPSA) is 61.3 Å². The van der Waals surface area contributed by atoms with E-state index in [-0.39, 0.29) is 5.97 Å². The first-order chi connectivity index (χ1) is 13.6. The summed E-state index contributed by atoms with van der Waals surface area (Å²) in [6.07, 6.45) is 10.5. The van der Waals surface area contributed by atoms with Crippen molar-refractivity contribution in [3.8, 4) is 22.9 Å². The summed E-state index contributed by atoms with van der Waals surface area (Å²) < 4.78 is 11.1. The summed E-state index contributed by atoms with van der Waals surface area (Å²) in [5.74, 6) is 2.17. The van der Waals surface area contributed by atoms with Gasteiger partial charge in [0, 0.05) is 12.0 Å². The predicted molar refractivity (Wildman–Crippen MR) is 111 cm³/mol. The molecule has 0 N–H and O–H groups in total. The zero-order chi connectivity index (χ0) is 20.2. The van der Waals surface area contributed by atoms with Crippen molar-refractivity contribution in [1.29, 1.82) is 0 Å². The van der Waals surface area contributed by atoms with Crippen molar-refractivity contribution in [3.63, 3.8) is 0 Å². The van der Waals surface area contributed by atoms with Crippen LogP contribution in [0.2, 0.25) is 0 Å². The summed E-state index contributed by atoms with van der Waals surface area (Å²) in [5.41, 5.74) is 0.868. The number of unbranched alkanes of at least 4 members (excludes halogenated alkanes) is 4. The third-order valence-corrected chi connectivity index (χ3v) is 4.69. The van der Waals surface area contributed by atoms with Crippen molar-refractivity contribution < 1.29 is 14.3 Å². The molecule has 1 atom stereocenters. The Bertz CT molecular complexity index is 699. The molecule has 0 amide bonds. The van der Waals surface area contributed by atoms with Crippen LogP contribution in [0.1, 0.15) is 65.7 Å². The monoisotopic (exact) mass is 384 g/mol. The Labute approximate surface area is 168 Å². The van der Waals surface area contributed by atoms with Crippen LogP contribution >= 0.6 is 0 Å². The maximum Gasteiger partial charge on any atom is 0.311 e. The molecule has 28 heavy (non-hydrogen) atoms. The molecule has 0 fully saturated rings. The third kappa shape index (κ3) is 7.67. The van der Waals surface area contributed by atoms with Crippen LogP contribution in [0.5, 0.6) is 11.5 Å². The smallest absolute Gasteiger partial charge is 0.311 e. The largest absolute Gasteiger partial charge is 0.490 e. The van der Waals surface area contributed by atoms with Gasteiger partial charge >= 0.3 is 5.97 Å². The van der Waals surface area contributed by atoms with E-state index >= 15 is 0 Å². The average Bonchev–Trinajstić information content (AvgIpc) is 2.73. The normalized spacial score (nSPS) is 11.8. The van der Waals surface area contributed by atoms with Crippen molar-refractivity contribution >= 4 is 5.97 Å². The highest BCUT2D eigenvalue weighted by atomic mass is 16.5. The van der Waals surface area contributed by atoms with Crippen LogP contribution in [0.4, 0.5) is 0 Å². The number of carbonyl (C=O) groups excluding carboxylic acids is 1. The first-order valence-corrected chi connectivity index (χ1v) is 10.4. The minimum absolute atomic E-state index is 0.177. The molecule has 1 aromatic carbocycles. The fourth-order valence-corrected chi connectivity index (χ4v) is 2.62. The highest BCUT2D eigenvalue weighted by molar-refractivity contribution is 5.72. The summed E-state index contributed by atoms with van der Waals surface area (Å²) in [7, 11) is 0. The Kier molecular flexibility index (Phi) is 9.46. The lowest BCUT2D eigenvalue weighted by molar-refractivity contribution is -0.134. The van der Waals surface area contributed by atoms with Crippen LogP contribution in [0.3, 0.4) is 0 Å². The molecule has 5 nitrogen and oxygen atoms in total. The quantitative estimate of drug-likeness (QED) is 0.261. The van der Waals surface area contributed by atoms with Crippen molar-refractivity contribution in [2.24, 2.45) is 5.92 Å². The van der Waals surface area contributed by atoms with Gasteiger partial charge in [0.05, 0.1) is 19.0 Å².